The van der Waals surface area contributed by atoms with Crippen LogP contribution in [0.1, 0.15) is 51.4 Å². The van der Waals surface area contributed by atoms with Gasteiger partial charge in [-0.05, 0) is 74.1 Å². The van der Waals surface area contributed by atoms with Crippen LogP contribution in [0.4, 0.5) is 11.5 Å². The van der Waals surface area contributed by atoms with E-state index >= 15 is 0 Å². The molecule has 3 heterocycles. The molecule has 7 rings (SSSR count). The predicted octanol–water partition coefficient (Wildman–Crippen LogP) is 3.74. The van der Waals surface area contributed by atoms with E-state index in [0.717, 1.165) is 51.0 Å². The topological polar surface area (TPSA) is 112 Å². The zero-order chi connectivity index (χ0) is 27.7. The summed E-state index contributed by atoms with van der Waals surface area (Å²) in [5.41, 5.74) is 0.146. The Hall–Kier alpha value is -2.56. The maximum atomic E-state index is 13.4. The molecule has 2 N–H and O–H groups in total. The van der Waals surface area contributed by atoms with Crippen LogP contribution in [0, 0.1) is 17.3 Å². The van der Waals surface area contributed by atoms with Gasteiger partial charge >= 0.3 is 0 Å². The van der Waals surface area contributed by atoms with Crippen molar-refractivity contribution in [1.29, 1.82) is 0 Å². The minimum absolute atomic E-state index is 0.185. The molecular formula is C29H35ClN4O5S. The Bertz CT molecular complexity index is 1430. The van der Waals surface area contributed by atoms with Crippen molar-refractivity contribution in [2.45, 2.75) is 68.1 Å². The molecule has 0 radical (unpaired) electrons. The van der Waals surface area contributed by atoms with Crippen LogP contribution in [0.25, 0.3) is 0 Å². The summed E-state index contributed by atoms with van der Waals surface area (Å²) in [5, 5.41) is 10.5. The molecule has 5 fully saturated rings. The van der Waals surface area contributed by atoms with Crippen LogP contribution in [0.15, 0.2) is 41.4 Å². The van der Waals surface area contributed by atoms with E-state index < -0.39 is 21.5 Å². The zero-order valence-electron chi connectivity index (χ0n) is 22.4. The van der Waals surface area contributed by atoms with Crippen molar-refractivity contribution in [1.82, 2.24) is 9.71 Å². The minimum atomic E-state index is -4.22. The van der Waals surface area contributed by atoms with E-state index in [-0.39, 0.29) is 17.0 Å². The second kappa shape index (κ2) is 9.49. The molecule has 3 atom stereocenters. The highest BCUT2D eigenvalue weighted by molar-refractivity contribution is 7.90. The molecule has 2 aliphatic heterocycles. The van der Waals surface area contributed by atoms with Gasteiger partial charge < -0.3 is 19.6 Å². The number of nitrogens with zero attached hydrogens (tertiary/aromatic N) is 3. The first-order chi connectivity index (χ1) is 19.2. The number of hydrogen-bond acceptors (Lipinski definition) is 8. The van der Waals surface area contributed by atoms with E-state index in [2.05, 4.69) is 14.6 Å². The number of ether oxygens (including phenoxy) is 1. The number of aliphatic hydroxyl groups excluding tert-OH is 1. The molecule has 9 nitrogen and oxygen atoms in total. The Morgan fingerprint density at radius 3 is 2.50 bits per heavy atom. The molecule has 5 aliphatic rings. The zero-order valence-corrected chi connectivity index (χ0v) is 24.0. The van der Waals surface area contributed by atoms with Crippen molar-refractivity contribution >= 4 is 39.0 Å². The van der Waals surface area contributed by atoms with Crippen molar-refractivity contribution in [3.63, 3.8) is 0 Å². The number of aliphatic hydroxyl groups is 1. The molecule has 1 aromatic heterocycles. The summed E-state index contributed by atoms with van der Waals surface area (Å²) in [6.07, 6.45) is 7.19. The number of aromatic nitrogens is 1. The Morgan fingerprint density at radius 1 is 1.02 bits per heavy atom. The van der Waals surface area contributed by atoms with Gasteiger partial charge in [-0.1, -0.05) is 17.7 Å². The first kappa shape index (κ1) is 26.3. The van der Waals surface area contributed by atoms with Crippen LogP contribution < -0.4 is 19.3 Å². The highest BCUT2D eigenvalue weighted by atomic mass is 35.5. The number of pyridine rings is 1. The number of fused-ring (bicyclic) bond motifs is 1. The summed E-state index contributed by atoms with van der Waals surface area (Å²) in [4.78, 5) is 22.1. The first-order valence-corrected chi connectivity index (χ1v) is 16.2. The molecule has 40 heavy (non-hydrogen) atoms. The standard InChI is InChI=1S/C29H35ClN4O5S/c30-20-5-6-22(33-14-12-28(8-9-28)13-15-33)24(16-20)39-29(10-11-29)27(36)32-40(37,38)26-3-1-2-25(31-26)34-17-19-4-7-23(35)21(19)18-34/h1-3,5-6,16,19,21,23,35H,4,7-15,17-18H2,(H,32,36)/t19-,21+,23-/m1/s1. The number of anilines is 2. The van der Waals surface area contributed by atoms with Gasteiger partial charge in [0.05, 0.1) is 11.8 Å². The summed E-state index contributed by atoms with van der Waals surface area (Å²) < 4.78 is 35.1. The minimum Gasteiger partial charge on any atom is -0.475 e. The van der Waals surface area contributed by atoms with Crippen LogP contribution >= 0.6 is 11.6 Å². The van der Waals surface area contributed by atoms with Crippen LogP contribution in [-0.2, 0) is 14.8 Å². The molecule has 0 bridgehead atoms. The van der Waals surface area contributed by atoms with Gasteiger partial charge in [-0.3, -0.25) is 4.79 Å². The average molecular weight is 587 g/mol. The average Bonchev–Trinajstić information content (AvgIpc) is 3.81. The van der Waals surface area contributed by atoms with E-state index in [0.29, 0.717) is 47.3 Å². The predicted molar refractivity (Wildman–Crippen MR) is 151 cm³/mol. The second-order valence-electron chi connectivity index (χ2n) is 12.4. The first-order valence-electron chi connectivity index (χ1n) is 14.4. The van der Waals surface area contributed by atoms with Crippen LogP contribution in [-0.4, -0.2) is 62.3 Å². The highest BCUT2D eigenvalue weighted by Gasteiger charge is 2.55. The Labute approximate surface area is 239 Å². The third-order valence-corrected chi connectivity index (χ3v) is 11.3. The fourth-order valence-electron chi connectivity index (χ4n) is 6.85. The number of halogens is 1. The lowest BCUT2D eigenvalue weighted by Gasteiger charge is -2.35. The van der Waals surface area contributed by atoms with Gasteiger partial charge in [0, 0.05) is 56.0 Å². The van der Waals surface area contributed by atoms with Crippen LogP contribution in [0.3, 0.4) is 0 Å². The van der Waals surface area contributed by atoms with Gasteiger partial charge in [-0.15, -0.1) is 0 Å². The van der Waals surface area contributed by atoms with E-state index in [9.17, 15) is 18.3 Å². The van der Waals surface area contributed by atoms with Gasteiger partial charge in [0.25, 0.3) is 15.9 Å². The Kier molecular flexibility index (Phi) is 6.25. The molecule has 3 aliphatic carbocycles. The normalized spacial score (nSPS) is 27.9. The van der Waals surface area contributed by atoms with E-state index in [4.69, 9.17) is 16.3 Å². The number of carbonyl (C=O) groups is 1. The number of hydrogen-bond donors (Lipinski definition) is 2. The molecule has 2 saturated heterocycles. The molecule has 3 saturated carbocycles. The van der Waals surface area contributed by atoms with Crippen molar-refractivity contribution in [3.05, 3.63) is 41.4 Å². The fraction of sp³-hybridized carbons (Fsp3) is 0.586. The molecule has 1 spiro atoms. The van der Waals surface area contributed by atoms with Crippen molar-refractivity contribution in [3.8, 4) is 5.75 Å². The molecule has 1 aromatic carbocycles. The molecule has 214 valence electrons. The summed E-state index contributed by atoms with van der Waals surface area (Å²) in [7, 11) is -4.22. The number of piperidine rings is 1. The van der Waals surface area contributed by atoms with Crippen LogP contribution in [0.2, 0.25) is 5.02 Å². The molecular weight excluding hydrogens is 552 g/mol. The molecule has 0 unspecified atom stereocenters. The maximum Gasteiger partial charge on any atom is 0.281 e. The van der Waals surface area contributed by atoms with Crippen LogP contribution in [0.5, 0.6) is 5.75 Å². The van der Waals surface area contributed by atoms with Gasteiger partial charge in [0.15, 0.2) is 10.6 Å². The van der Waals surface area contributed by atoms with E-state index in [1.54, 1.807) is 18.2 Å². The lowest BCUT2D eigenvalue weighted by atomic mass is 9.93. The van der Waals surface area contributed by atoms with Gasteiger partial charge in [-0.2, -0.15) is 8.42 Å². The fourth-order valence-corrected chi connectivity index (χ4v) is 8.02. The van der Waals surface area contributed by atoms with Crippen molar-refractivity contribution < 1.29 is 23.1 Å². The Balaban J connectivity index is 1.06. The molecule has 2 aromatic rings. The monoisotopic (exact) mass is 586 g/mol. The van der Waals surface area contributed by atoms with Gasteiger partial charge in [-0.25, -0.2) is 9.71 Å². The van der Waals surface area contributed by atoms with Gasteiger partial charge in [0.2, 0.25) is 0 Å². The largest absolute Gasteiger partial charge is 0.475 e. The third-order valence-electron chi connectivity index (χ3n) is 9.82. The number of amides is 1. The van der Waals surface area contributed by atoms with E-state index in [1.165, 1.54) is 18.9 Å². The quantitative estimate of drug-likeness (QED) is 0.505. The summed E-state index contributed by atoms with van der Waals surface area (Å²) in [5.74, 6) is 0.920. The lowest BCUT2D eigenvalue weighted by Crippen LogP contribution is -2.44. The summed E-state index contributed by atoms with van der Waals surface area (Å²) in [6.45, 7) is 3.23. The molecule has 1 amide bonds. The van der Waals surface area contributed by atoms with Crippen molar-refractivity contribution in [2.24, 2.45) is 17.3 Å². The number of sulfonamides is 1. The summed E-state index contributed by atoms with van der Waals surface area (Å²) >= 11 is 6.31. The molecule has 11 heteroatoms. The SMILES string of the molecule is O=C(NS(=O)(=O)c1cccc(N2C[C@H]3CC[C@@H](O)[C@H]3C2)n1)C1(Oc2cc(Cl)ccc2N2CCC3(CC2)CC3)CC1. The highest BCUT2D eigenvalue weighted by Crippen LogP contribution is 2.54. The summed E-state index contributed by atoms with van der Waals surface area (Å²) in [6, 6.07) is 10.3. The Morgan fingerprint density at radius 2 is 1.80 bits per heavy atom. The third kappa shape index (κ3) is 4.81. The smallest absolute Gasteiger partial charge is 0.281 e. The number of carbonyl (C=O) groups excluding carboxylic acids is 1. The number of nitrogens with one attached hydrogen (secondary N) is 1. The number of benzene rings is 1. The number of rotatable bonds is 7. The van der Waals surface area contributed by atoms with Gasteiger partial charge in [0.1, 0.15) is 11.6 Å². The second-order valence-corrected chi connectivity index (χ2v) is 14.5. The van der Waals surface area contributed by atoms with Crippen molar-refractivity contribution in [2.75, 3.05) is 36.0 Å². The van der Waals surface area contributed by atoms with E-state index in [1.807, 2.05) is 17.0 Å². The maximum absolute atomic E-state index is 13.4. The lowest BCUT2D eigenvalue weighted by molar-refractivity contribution is -0.127.